The van der Waals surface area contributed by atoms with E-state index in [2.05, 4.69) is 19.2 Å². The fraction of sp³-hybridized carbons (Fsp3) is 0.571. The average molecular weight is 252 g/mol. The van der Waals surface area contributed by atoms with Gasteiger partial charge in [0, 0.05) is 23.5 Å². The van der Waals surface area contributed by atoms with Gasteiger partial charge in [0.2, 0.25) is 0 Å². The van der Waals surface area contributed by atoms with E-state index in [1.165, 1.54) is 0 Å². The van der Waals surface area contributed by atoms with Gasteiger partial charge in [-0.25, -0.2) is 0 Å². The van der Waals surface area contributed by atoms with Crippen LogP contribution in [0.25, 0.3) is 0 Å². The van der Waals surface area contributed by atoms with E-state index in [0.29, 0.717) is 11.6 Å². The van der Waals surface area contributed by atoms with Crippen LogP contribution >= 0.6 is 0 Å². The molecule has 0 saturated heterocycles. The lowest BCUT2D eigenvalue weighted by Crippen LogP contribution is -2.29. The first-order valence-electron chi connectivity index (χ1n) is 6.37. The maximum Gasteiger partial charge on any atom is 0.123 e. The minimum absolute atomic E-state index is 0.0127. The fourth-order valence-electron chi connectivity index (χ4n) is 1.68. The number of aliphatic hydroxyl groups is 1. The molecule has 0 unspecified atom stereocenters. The Morgan fingerprint density at radius 3 is 2.39 bits per heavy atom. The van der Waals surface area contributed by atoms with Gasteiger partial charge < -0.3 is 20.9 Å². The van der Waals surface area contributed by atoms with E-state index < -0.39 is 0 Å². The molecule has 0 amide bonds. The topological polar surface area (TPSA) is 67.5 Å². The molecule has 0 spiro atoms. The molecule has 0 bridgehead atoms. The molecule has 0 aliphatic heterocycles. The van der Waals surface area contributed by atoms with Crippen LogP contribution in [0.2, 0.25) is 0 Å². The van der Waals surface area contributed by atoms with Gasteiger partial charge >= 0.3 is 0 Å². The summed E-state index contributed by atoms with van der Waals surface area (Å²) in [5, 5.41) is 12.6. The molecule has 1 aromatic carbocycles. The predicted molar refractivity (Wildman–Crippen MR) is 76.0 cm³/mol. The summed E-state index contributed by atoms with van der Waals surface area (Å²) in [6.45, 7) is 8.16. The standard InChI is InChI=1S/C14H24N2O2/c1-9(2)14(8-17)16-12-5-11(15)6-13(7-12)18-10(3)4/h5-7,9-10,14,16-17H,8,15H2,1-4H3/t14-/m1/s1. The minimum atomic E-state index is 0.0127. The molecule has 0 radical (unpaired) electrons. The third-order valence-electron chi connectivity index (χ3n) is 2.65. The fourth-order valence-corrected chi connectivity index (χ4v) is 1.68. The number of aliphatic hydroxyl groups excluding tert-OH is 1. The van der Waals surface area contributed by atoms with E-state index in [9.17, 15) is 5.11 Å². The van der Waals surface area contributed by atoms with E-state index in [0.717, 1.165) is 11.4 Å². The van der Waals surface area contributed by atoms with Crippen LogP contribution in [-0.4, -0.2) is 23.9 Å². The number of anilines is 2. The Labute approximate surface area is 109 Å². The first kappa shape index (κ1) is 14.6. The maximum absolute atomic E-state index is 9.32. The molecule has 0 aliphatic carbocycles. The third kappa shape index (κ3) is 4.45. The molecule has 1 atom stereocenters. The molecule has 0 fully saturated rings. The van der Waals surface area contributed by atoms with Crippen molar-refractivity contribution in [2.45, 2.75) is 39.8 Å². The molecule has 0 heterocycles. The molecule has 102 valence electrons. The Kier molecular flexibility index (Phi) is 5.28. The van der Waals surface area contributed by atoms with Crippen LogP contribution in [0.15, 0.2) is 18.2 Å². The smallest absolute Gasteiger partial charge is 0.123 e. The molecule has 1 rings (SSSR count). The van der Waals surface area contributed by atoms with Gasteiger partial charge in [0.1, 0.15) is 5.75 Å². The van der Waals surface area contributed by atoms with Crippen molar-refractivity contribution in [3.63, 3.8) is 0 Å². The summed E-state index contributed by atoms with van der Waals surface area (Å²) >= 11 is 0. The highest BCUT2D eigenvalue weighted by molar-refractivity contribution is 5.59. The largest absolute Gasteiger partial charge is 0.491 e. The molecular formula is C14H24N2O2. The van der Waals surface area contributed by atoms with Crippen LogP contribution in [0.4, 0.5) is 11.4 Å². The second-order valence-corrected chi connectivity index (χ2v) is 5.13. The number of hydrogen-bond donors (Lipinski definition) is 3. The van der Waals surface area contributed by atoms with Crippen LogP contribution in [0, 0.1) is 5.92 Å². The van der Waals surface area contributed by atoms with Crippen molar-refractivity contribution in [3.8, 4) is 5.75 Å². The Hall–Kier alpha value is -1.42. The zero-order valence-corrected chi connectivity index (χ0v) is 11.6. The lowest BCUT2D eigenvalue weighted by atomic mass is 10.1. The summed E-state index contributed by atoms with van der Waals surface area (Å²) in [4.78, 5) is 0. The van der Waals surface area contributed by atoms with E-state index in [4.69, 9.17) is 10.5 Å². The molecular weight excluding hydrogens is 228 g/mol. The summed E-state index contributed by atoms with van der Waals surface area (Å²) in [5.74, 6) is 1.08. The molecule has 0 aliphatic rings. The molecule has 4 N–H and O–H groups in total. The van der Waals surface area contributed by atoms with Crippen molar-refractivity contribution in [3.05, 3.63) is 18.2 Å². The van der Waals surface area contributed by atoms with Crippen LogP contribution in [-0.2, 0) is 0 Å². The number of benzene rings is 1. The van der Waals surface area contributed by atoms with Gasteiger partial charge in [-0.2, -0.15) is 0 Å². The number of ether oxygens (including phenoxy) is 1. The van der Waals surface area contributed by atoms with E-state index in [1.54, 1.807) is 6.07 Å². The number of nitrogens with two attached hydrogens (primary N) is 1. The molecule has 4 heteroatoms. The maximum atomic E-state index is 9.32. The average Bonchev–Trinajstić information content (AvgIpc) is 2.23. The Balaban J connectivity index is 2.85. The quantitative estimate of drug-likeness (QED) is 0.680. The molecule has 0 aromatic heterocycles. The molecule has 18 heavy (non-hydrogen) atoms. The lowest BCUT2D eigenvalue weighted by Gasteiger charge is -2.22. The van der Waals surface area contributed by atoms with Gasteiger partial charge in [-0.05, 0) is 25.8 Å². The van der Waals surface area contributed by atoms with Crippen molar-refractivity contribution in [1.29, 1.82) is 0 Å². The van der Waals surface area contributed by atoms with Crippen molar-refractivity contribution in [2.24, 2.45) is 5.92 Å². The first-order chi connectivity index (χ1) is 8.42. The highest BCUT2D eigenvalue weighted by Gasteiger charge is 2.12. The second kappa shape index (κ2) is 6.50. The number of nitrogens with one attached hydrogen (secondary N) is 1. The second-order valence-electron chi connectivity index (χ2n) is 5.13. The van der Waals surface area contributed by atoms with Gasteiger partial charge in [-0.15, -0.1) is 0 Å². The zero-order valence-electron chi connectivity index (χ0n) is 11.6. The summed E-state index contributed by atoms with van der Waals surface area (Å²) in [6, 6.07) is 5.56. The molecule has 1 aromatic rings. The van der Waals surface area contributed by atoms with E-state index in [-0.39, 0.29) is 18.8 Å². The van der Waals surface area contributed by atoms with Gasteiger partial charge in [0.05, 0.1) is 18.8 Å². The van der Waals surface area contributed by atoms with Crippen LogP contribution < -0.4 is 15.8 Å². The monoisotopic (exact) mass is 252 g/mol. The van der Waals surface area contributed by atoms with E-state index >= 15 is 0 Å². The molecule has 4 nitrogen and oxygen atoms in total. The Bertz CT molecular complexity index is 378. The Morgan fingerprint density at radius 1 is 1.22 bits per heavy atom. The highest BCUT2D eigenvalue weighted by Crippen LogP contribution is 2.24. The number of hydrogen-bond acceptors (Lipinski definition) is 4. The normalized spacial score (nSPS) is 12.8. The number of rotatable bonds is 6. The minimum Gasteiger partial charge on any atom is -0.491 e. The van der Waals surface area contributed by atoms with Crippen molar-refractivity contribution < 1.29 is 9.84 Å². The van der Waals surface area contributed by atoms with Crippen molar-refractivity contribution in [2.75, 3.05) is 17.7 Å². The van der Waals surface area contributed by atoms with Crippen LogP contribution in [0.1, 0.15) is 27.7 Å². The summed E-state index contributed by atoms with van der Waals surface area (Å²) in [7, 11) is 0. The number of nitrogen functional groups attached to an aromatic ring is 1. The van der Waals surface area contributed by atoms with E-state index in [1.807, 2.05) is 26.0 Å². The highest BCUT2D eigenvalue weighted by atomic mass is 16.5. The lowest BCUT2D eigenvalue weighted by molar-refractivity contribution is 0.242. The van der Waals surface area contributed by atoms with Gasteiger partial charge in [-0.1, -0.05) is 13.8 Å². The van der Waals surface area contributed by atoms with Gasteiger partial charge in [-0.3, -0.25) is 0 Å². The van der Waals surface area contributed by atoms with Crippen molar-refractivity contribution >= 4 is 11.4 Å². The summed E-state index contributed by atoms with van der Waals surface area (Å²) < 4.78 is 5.63. The van der Waals surface area contributed by atoms with Gasteiger partial charge in [0.15, 0.2) is 0 Å². The zero-order chi connectivity index (χ0) is 13.7. The predicted octanol–water partition coefficient (Wildman–Crippen LogP) is 2.48. The summed E-state index contributed by atoms with van der Waals surface area (Å²) in [5.41, 5.74) is 7.37. The Morgan fingerprint density at radius 2 is 1.89 bits per heavy atom. The third-order valence-corrected chi connectivity index (χ3v) is 2.65. The van der Waals surface area contributed by atoms with Gasteiger partial charge in [0.25, 0.3) is 0 Å². The summed E-state index contributed by atoms with van der Waals surface area (Å²) in [6.07, 6.45) is 0.110. The van der Waals surface area contributed by atoms with Crippen LogP contribution in [0.3, 0.4) is 0 Å². The van der Waals surface area contributed by atoms with Crippen molar-refractivity contribution in [1.82, 2.24) is 0 Å². The first-order valence-corrected chi connectivity index (χ1v) is 6.37. The SMILES string of the molecule is CC(C)Oc1cc(N)cc(N[C@H](CO)C(C)C)c1. The molecule has 0 saturated carbocycles. The van der Waals surface area contributed by atoms with Crippen LogP contribution in [0.5, 0.6) is 5.75 Å².